The molecule has 0 aliphatic rings. The van der Waals surface area contributed by atoms with E-state index in [1.54, 1.807) is 0 Å². The van der Waals surface area contributed by atoms with Crippen molar-refractivity contribution in [3.05, 3.63) is 48.0 Å². The molecular weight excluding hydrogens is 180 g/mol. The van der Waals surface area contributed by atoms with Crippen molar-refractivity contribution in [2.75, 3.05) is 0 Å². The molecule has 0 spiro atoms. The lowest BCUT2D eigenvalue weighted by molar-refractivity contribution is 0.626. The van der Waals surface area contributed by atoms with E-state index < -0.39 is 0 Å². The Kier molecular flexibility index (Phi) is 7.71. The molecule has 0 N–H and O–H groups in total. The third-order valence-electron chi connectivity index (χ3n) is 2.48. The van der Waals surface area contributed by atoms with Gasteiger partial charge in [0.15, 0.2) is 0 Å². The molecule has 0 saturated heterocycles. The second-order valence-corrected chi connectivity index (χ2v) is 3.59. The van der Waals surface area contributed by atoms with Crippen LogP contribution in [0.25, 0.3) is 0 Å². The lowest BCUT2D eigenvalue weighted by Crippen LogP contribution is -1.98. The van der Waals surface area contributed by atoms with Gasteiger partial charge in [-0.1, -0.05) is 56.7 Å². The molecule has 1 rings (SSSR count). The van der Waals surface area contributed by atoms with Gasteiger partial charge in [0.1, 0.15) is 0 Å². The lowest BCUT2D eigenvalue weighted by Gasteiger charge is -2.09. The first-order chi connectivity index (χ1) is 7.26. The fourth-order valence-corrected chi connectivity index (χ4v) is 1.42. The summed E-state index contributed by atoms with van der Waals surface area (Å²) in [6, 6.07) is 8.76. The Morgan fingerprint density at radius 3 is 2.13 bits per heavy atom. The lowest BCUT2D eigenvalue weighted by atomic mass is 9.97. The summed E-state index contributed by atoms with van der Waals surface area (Å²) in [4.78, 5) is 0. The third-order valence-corrected chi connectivity index (χ3v) is 2.48. The van der Waals surface area contributed by atoms with Crippen molar-refractivity contribution in [1.82, 2.24) is 0 Å². The van der Waals surface area contributed by atoms with Gasteiger partial charge >= 0.3 is 0 Å². The molecule has 0 heterocycles. The van der Waals surface area contributed by atoms with Gasteiger partial charge in [-0.15, -0.1) is 6.58 Å². The average molecular weight is 204 g/mol. The Labute approximate surface area is 95.0 Å². The molecule has 0 aromatic heterocycles. The third kappa shape index (κ3) is 5.41. The van der Waals surface area contributed by atoms with E-state index >= 15 is 0 Å². The van der Waals surface area contributed by atoms with Crippen LogP contribution in [-0.2, 0) is 6.42 Å². The van der Waals surface area contributed by atoms with Crippen LogP contribution in [0.2, 0.25) is 0 Å². The van der Waals surface area contributed by atoms with E-state index in [1.807, 2.05) is 13.8 Å². The normalized spacial score (nSPS) is 11.2. The standard InChI is InChI=1S/C13H18.C2H6/c1-4-12(5-2)10-13-8-6-11(3)7-9-13;1-2/h4,6-9,12H,1,5,10H2,2-3H3;1-2H3. The van der Waals surface area contributed by atoms with Crippen LogP contribution >= 0.6 is 0 Å². The summed E-state index contributed by atoms with van der Waals surface area (Å²) >= 11 is 0. The Morgan fingerprint density at radius 2 is 1.73 bits per heavy atom. The van der Waals surface area contributed by atoms with Crippen LogP contribution in [-0.4, -0.2) is 0 Å². The van der Waals surface area contributed by atoms with E-state index in [0.717, 1.165) is 6.42 Å². The highest BCUT2D eigenvalue weighted by Gasteiger charge is 2.01. The number of hydrogen-bond donors (Lipinski definition) is 0. The largest absolute Gasteiger partial charge is 0.103 e. The Morgan fingerprint density at radius 1 is 1.20 bits per heavy atom. The van der Waals surface area contributed by atoms with Gasteiger partial charge in [-0.05, 0) is 31.2 Å². The zero-order valence-electron chi connectivity index (χ0n) is 10.6. The fraction of sp³-hybridized carbons (Fsp3) is 0.467. The maximum Gasteiger partial charge on any atom is -0.0198 e. The second kappa shape index (κ2) is 8.28. The van der Waals surface area contributed by atoms with Gasteiger partial charge in [0.05, 0.1) is 0 Å². The smallest absolute Gasteiger partial charge is 0.0198 e. The Bertz CT molecular complexity index is 256. The maximum absolute atomic E-state index is 3.85. The number of allylic oxidation sites excluding steroid dienone is 1. The van der Waals surface area contributed by atoms with Crippen molar-refractivity contribution in [3.8, 4) is 0 Å². The molecular formula is C15H24. The van der Waals surface area contributed by atoms with Gasteiger partial charge in [-0.3, -0.25) is 0 Å². The molecule has 0 aliphatic carbocycles. The Balaban J connectivity index is 0.000000921. The van der Waals surface area contributed by atoms with Gasteiger partial charge in [-0.25, -0.2) is 0 Å². The van der Waals surface area contributed by atoms with E-state index in [4.69, 9.17) is 0 Å². The summed E-state index contributed by atoms with van der Waals surface area (Å²) < 4.78 is 0. The molecule has 0 heteroatoms. The van der Waals surface area contributed by atoms with Crippen molar-refractivity contribution in [3.63, 3.8) is 0 Å². The van der Waals surface area contributed by atoms with Crippen molar-refractivity contribution < 1.29 is 0 Å². The van der Waals surface area contributed by atoms with E-state index in [2.05, 4.69) is 50.8 Å². The van der Waals surface area contributed by atoms with Gasteiger partial charge in [0.2, 0.25) is 0 Å². The monoisotopic (exact) mass is 204 g/mol. The molecule has 0 bridgehead atoms. The second-order valence-electron chi connectivity index (χ2n) is 3.59. The number of hydrogen-bond acceptors (Lipinski definition) is 0. The quantitative estimate of drug-likeness (QED) is 0.619. The van der Waals surface area contributed by atoms with Crippen LogP contribution in [0.5, 0.6) is 0 Å². The van der Waals surface area contributed by atoms with Crippen LogP contribution in [0.4, 0.5) is 0 Å². The molecule has 1 aromatic carbocycles. The molecule has 15 heavy (non-hydrogen) atoms. The van der Waals surface area contributed by atoms with Crippen molar-refractivity contribution >= 4 is 0 Å². The molecule has 0 fully saturated rings. The predicted octanol–water partition coefficient (Wildman–Crippen LogP) is 4.78. The van der Waals surface area contributed by atoms with Crippen LogP contribution in [0.1, 0.15) is 38.3 Å². The molecule has 0 amide bonds. The van der Waals surface area contributed by atoms with Gasteiger partial charge in [0, 0.05) is 0 Å². The minimum absolute atomic E-state index is 0.628. The summed E-state index contributed by atoms with van der Waals surface area (Å²) in [5.41, 5.74) is 2.74. The molecule has 1 atom stereocenters. The zero-order chi connectivity index (χ0) is 11.7. The predicted molar refractivity (Wildman–Crippen MR) is 70.2 cm³/mol. The van der Waals surface area contributed by atoms with Crippen LogP contribution in [0.3, 0.4) is 0 Å². The summed E-state index contributed by atoms with van der Waals surface area (Å²) in [5.74, 6) is 0.628. The van der Waals surface area contributed by atoms with Gasteiger partial charge in [0.25, 0.3) is 0 Å². The highest BCUT2D eigenvalue weighted by molar-refractivity contribution is 5.22. The maximum atomic E-state index is 3.85. The SMILES string of the molecule is C=CC(CC)Cc1ccc(C)cc1.CC. The zero-order valence-corrected chi connectivity index (χ0v) is 10.6. The first kappa shape index (κ1) is 14.0. The topological polar surface area (TPSA) is 0 Å². The minimum atomic E-state index is 0.628. The first-order valence-electron chi connectivity index (χ1n) is 5.94. The minimum Gasteiger partial charge on any atom is -0.103 e. The number of benzene rings is 1. The molecule has 0 radical (unpaired) electrons. The molecule has 1 aromatic rings. The summed E-state index contributed by atoms with van der Waals surface area (Å²) in [6.07, 6.45) is 4.36. The average Bonchev–Trinajstić information content (AvgIpc) is 2.31. The van der Waals surface area contributed by atoms with Gasteiger partial charge in [-0.2, -0.15) is 0 Å². The summed E-state index contributed by atoms with van der Waals surface area (Å²) in [7, 11) is 0. The van der Waals surface area contributed by atoms with Gasteiger partial charge < -0.3 is 0 Å². The van der Waals surface area contributed by atoms with Crippen molar-refractivity contribution in [2.24, 2.45) is 5.92 Å². The van der Waals surface area contributed by atoms with Crippen molar-refractivity contribution in [1.29, 1.82) is 0 Å². The summed E-state index contributed by atoms with van der Waals surface area (Å²) in [6.45, 7) is 12.2. The highest BCUT2D eigenvalue weighted by Crippen LogP contribution is 2.13. The molecule has 1 unspecified atom stereocenters. The summed E-state index contributed by atoms with van der Waals surface area (Å²) in [5, 5.41) is 0. The van der Waals surface area contributed by atoms with Crippen molar-refractivity contribution in [2.45, 2.75) is 40.5 Å². The van der Waals surface area contributed by atoms with E-state index in [1.165, 1.54) is 17.5 Å². The molecule has 0 aliphatic heterocycles. The first-order valence-corrected chi connectivity index (χ1v) is 5.94. The molecule has 0 nitrogen and oxygen atoms in total. The van der Waals surface area contributed by atoms with E-state index in [-0.39, 0.29) is 0 Å². The fourth-order valence-electron chi connectivity index (χ4n) is 1.42. The van der Waals surface area contributed by atoms with Crippen LogP contribution < -0.4 is 0 Å². The number of rotatable bonds is 4. The molecule has 0 saturated carbocycles. The van der Waals surface area contributed by atoms with E-state index in [9.17, 15) is 0 Å². The van der Waals surface area contributed by atoms with Crippen LogP contribution in [0.15, 0.2) is 36.9 Å². The van der Waals surface area contributed by atoms with E-state index in [0.29, 0.717) is 5.92 Å². The highest BCUT2D eigenvalue weighted by atomic mass is 14.1. The number of aryl methyl sites for hydroxylation is 1. The van der Waals surface area contributed by atoms with Crippen LogP contribution in [0, 0.1) is 12.8 Å². The molecule has 84 valence electrons. The Hall–Kier alpha value is -1.04.